The van der Waals surface area contributed by atoms with Gasteiger partial charge in [-0.15, -0.1) is 0 Å². The molecule has 0 spiro atoms. The van der Waals surface area contributed by atoms with Crippen LogP contribution in [0, 0.1) is 10.8 Å². The van der Waals surface area contributed by atoms with Crippen molar-refractivity contribution >= 4 is 5.78 Å². The lowest BCUT2D eigenvalue weighted by atomic mass is 9.69. The average molecular weight is 599 g/mol. The number of aliphatic hydroxyl groups is 3. The van der Waals surface area contributed by atoms with Gasteiger partial charge < -0.3 is 15.3 Å². The molecular formula is C40H54O4. The molecule has 2 aliphatic carbocycles. The summed E-state index contributed by atoms with van der Waals surface area (Å²) < 4.78 is 0. The van der Waals surface area contributed by atoms with Crippen molar-refractivity contribution < 1.29 is 20.1 Å². The minimum absolute atomic E-state index is 0.0128. The first kappa shape index (κ1) is 36.9. The quantitative estimate of drug-likeness (QED) is 0.220. The van der Waals surface area contributed by atoms with Crippen molar-refractivity contribution in [2.75, 3.05) is 0 Å². The van der Waals surface area contributed by atoms with Crippen LogP contribution < -0.4 is 0 Å². The highest BCUT2D eigenvalue weighted by molar-refractivity contribution is 6.01. The van der Waals surface area contributed by atoms with E-state index in [4.69, 9.17) is 0 Å². The van der Waals surface area contributed by atoms with E-state index in [1.54, 1.807) is 6.92 Å². The van der Waals surface area contributed by atoms with Gasteiger partial charge >= 0.3 is 0 Å². The van der Waals surface area contributed by atoms with Gasteiger partial charge in [-0.25, -0.2) is 0 Å². The van der Waals surface area contributed by atoms with E-state index < -0.39 is 23.4 Å². The van der Waals surface area contributed by atoms with E-state index in [2.05, 4.69) is 77.2 Å². The summed E-state index contributed by atoms with van der Waals surface area (Å²) in [7, 11) is 0. The van der Waals surface area contributed by atoms with Crippen molar-refractivity contribution in [1.82, 2.24) is 0 Å². The molecule has 4 heteroatoms. The van der Waals surface area contributed by atoms with Crippen molar-refractivity contribution in [3.05, 3.63) is 130 Å². The van der Waals surface area contributed by atoms with Gasteiger partial charge in [-0.1, -0.05) is 141 Å². The van der Waals surface area contributed by atoms with Crippen LogP contribution in [0.3, 0.4) is 0 Å². The molecule has 238 valence electrons. The smallest absolute Gasteiger partial charge is 0.189 e. The first-order valence-corrected chi connectivity index (χ1v) is 15.5. The third-order valence-electron chi connectivity index (χ3n) is 8.54. The molecule has 44 heavy (non-hydrogen) atoms. The van der Waals surface area contributed by atoms with Crippen LogP contribution in [0.1, 0.15) is 82.1 Å². The molecule has 4 nitrogen and oxygen atoms in total. The monoisotopic (exact) mass is 598 g/mol. The Morgan fingerprint density at radius 2 is 1.11 bits per heavy atom. The highest BCUT2D eigenvalue weighted by Crippen LogP contribution is 2.41. The molecule has 2 rings (SSSR count). The summed E-state index contributed by atoms with van der Waals surface area (Å²) in [5.41, 5.74) is 7.54. The standard InChI is InChI=1S/C40H54O4/c1-27(17-13-19-29(3)21-23-34-31(5)25-33(41)26-39(34,7)8)15-11-12-16-28(2)18-14-20-30(4)22-24-35-32(6)36(42)37(43)38(44)40(35,9)10/h11-24,33,37-38,41,43-44H,25-26H2,1-10H3/b12-11+,17-13+,18-14+,23-21+,24-22+,27-15+,28-16+,29-19+,30-20+/t33-,37-,38+/m1/s1. The fourth-order valence-corrected chi connectivity index (χ4v) is 5.82. The number of rotatable bonds is 10. The predicted molar refractivity (Wildman–Crippen MR) is 186 cm³/mol. The number of carbonyl (C=O) groups excluding carboxylic acids is 1. The zero-order chi connectivity index (χ0) is 33.2. The van der Waals surface area contributed by atoms with Crippen LogP contribution in [0.2, 0.25) is 0 Å². The predicted octanol–water partition coefficient (Wildman–Crippen LogP) is 8.70. The SMILES string of the molecule is CC1=C(/C=C/C(C)=C/C=C/C(C)=C/C=C/C=C(C)/C=C/C=C(C)/C=C/C2=C(C)C(=O)[C@@H](O)[C@H](O)C2(C)C)C(C)(C)C[C@H](O)C1. The van der Waals surface area contributed by atoms with Crippen LogP contribution in [0.15, 0.2) is 130 Å². The van der Waals surface area contributed by atoms with E-state index in [9.17, 15) is 20.1 Å². The Labute approximate surface area is 266 Å². The van der Waals surface area contributed by atoms with E-state index in [-0.39, 0.29) is 11.5 Å². The summed E-state index contributed by atoms with van der Waals surface area (Å²) in [6.07, 6.45) is 27.4. The second-order valence-electron chi connectivity index (χ2n) is 13.6. The van der Waals surface area contributed by atoms with E-state index >= 15 is 0 Å². The normalized spacial score (nSPS) is 26.2. The molecular weight excluding hydrogens is 544 g/mol. The molecule has 0 aromatic carbocycles. The fraction of sp³-hybridized carbons (Fsp3) is 0.425. The van der Waals surface area contributed by atoms with Crippen LogP contribution in [-0.4, -0.2) is 39.4 Å². The highest BCUT2D eigenvalue weighted by atomic mass is 16.3. The number of ketones is 1. The van der Waals surface area contributed by atoms with Crippen LogP contribution >= 0.6 is 0 Å². The largest absolute Gasteiger partial charge is 0.393 e. The number of aliphatic hydroxyl groups excluding tert-OH is 3. The Balaban J connectivity index is 1.95. The summed E-state index contributed by atoms with van der Waals surface area (Å²) in [4.78, 5) is 12.3. The van der Waals surface area contributed by atoms with Crippen molar-refractivity contribution in [3.8, 4) is 0 Å². The molecule has 0 heterocycles. The van der Waals surface area contributed by atoms with Crippen LogP contribution in [0.5, 0.6) is 0 Å². The lowest BCUT2D eigenvalue weighted by molar-refractivity contribution is -0.135. The summed E-state index contributed by atoms with van der Waals surface area (Å²) in [6.45, 7) is 20.1. The van der Waals surface area contributed by atoms with E-state index in [1.165, 1.54) is 16.7 Å². The van der Waals surface area contributed by atoms with Gasteiger partial charge in [0.25, 0.3) is 0 Å². The third kappa shape index (κ3) is 10.4. The lowest BCUT2D eigenvalue weighted by Crippen LogP contribution is -2.49. The maximum absolute atomic E-state index is 12.3. The van der Waals surface area contributed by atoms with Gasteiger partial charge in [-0.3, -0.25) is 4.79 Å². The molecule has 0 amide bonds. The summed E-state index contributed by atoms with van der Waals surface area (Å²) >= 11 is 0. The Morgan fingerprint density at radius 1 is 0.682 bits per heavy atom. The molecule has 0 aromatic rings. The second-order valence-corrected chi connectivity index (χ2v) is 13.6. The Hall–Kier alpha value is -3.31. The number of hydrogen-bond donors (Lipinski definition) is 3. The number of carbonyl (C=O) groups is 1. The van der Waals surface area contributed by atoms with Gasteiger partial charge in [0.1, 0.15) is 6.10 Å². The Bertz CT molecular complexity index is 1410. The summed E-state index contributed by atoms with van der Waals surface area (Å²) in [5, 5.41) is 30.5. The van der Waals surface area contributed by atoms with Gasteiger partial charge in [0.05, 0.1) is 12.2 Å². The Kier molecular flexibility index (Phi) is 13.5. The minimum atomic E-state index is -1.37. The zero-order valence-electron chi connectivity index (χ0n) is 28.5. The maximum atomic E-state index is 12.3. The Morgan fingerprint density at radius 3 is 1.59 bits per heavy atom. The molecule has 0 saturated heterocycles. The molecule has 0 bridgehead atoms. The molecule has 2 aliphatic rings. The van der Waals surface area contributed by atoms with Gasteiger partial charge in [0.2, 0.25) is 0 Å². The molecule has 0 aromatic heterocycles. The topological polar surface area (TPSA) is 77.8 Å². The molecule has 0 unspecified atom stereocenters. The van der Waals surface area contributed by atoms with Crippen LogP contribution in [0.25, 0.3) is 0 Å². The third-order valence-corrected chi connectivity index (χ3v) is 8.54. The lowest BCUT2D eigenvalue weighted by Gasteiger charge is -2.39. The fourth-order valence-electron chi connectivity index (χ4n) is 5.82. The molecule has 3 atom stereocenters. The molecule has 0 saturated carbocycles. The van der Waals surface area contributed by atoms with Crippen molar-refractivity contribution in [1.29, 1.82) is 0 Å². The van der Waals surface area contributed by atoms with E-state index in [1.807, 2.05) is 70.2 Å². The van der Waals surface area contributed by atoms with Crippen molar-refractivity contribution in [2.24, 2.45) is 10.8 Å². The molecule has 3 N–H and O–H groups in total. The maximum Gasteiger partial charge on any atom is 0.189 e. The number of Topliss-reactive ketones (excluding diaryl/α,β-unsaturated/α-hetero) is 1. The van der Waals surface area contributed by atoms with Gasteiger partial charge in [0.15, 0.2) is 5.78 Å². The van der Waals surface area contributed by atoms with Crippen molar-refractivity contribution in [3.63, 3.8) is 0 Å². The number of hydrogen-bond acceptors (Lipinski definition) is 4. The second kappa shape index (κ2) is 16.1. The van der Waals surface area contributed by atoms with Crippen LogP contribution in [-0.2, 0) is 4.79 Å². The number of allylic oxidation sites excluding steroid dienone is 19. The van der Waals surface area contributed by atoms with Crippen LogP contribution in [0.4, 0.5) is 0 Å². The highest BCUT2D eigenvalue weighted by Gasteiger charge is 2.45. The zero-order valence-corrected chi connectivity index (χ0v) is 28.5. The van der Waals surface area contributed by atoms with E-state index in [0.29, 0.717) is 5.57 Å². The molecule has 0 fully saturated rings. The summed E-state index contributed by atoms with van der Waals surface area (Å²) in [5.74, 6) is -0.418. The molecule has 0 radical (unpaired) electrons. The minimum Gasteiger partial charge on any atom is -0.393 e. The first-order chi connectivity index (χ1) is 20.5. The summed E-state index contributed by atoms with van der Waals surface area (Å²) in [6, 6.07) is 0. The van der Waals surface area contributed by atoms with Gasteiger partial charge in [-0.2, -0.15) is 0 Å². The van der Waals surface area contributed by atoms with Gasteiger partial charge in [0, 0.05) is 5.41 Å². The average Bonchev–Trinajstić information content (AvgIpc) is 2.92. The molecule has 0 aliphatic heterocycles. The van der Waals surface area contributed by atoms with E-state index in [0.717, 1.165) is 35.1 Å². The van der Waals surface area contributed by atoms with Crippen molar-refractivity contribution in [2.45, 2.75) is 100 Å². The first-order valence-electron chi connectivity index (χ1n) is 15.5. The van der Waals surface area contributed by atoms with Gasteiger partial charge in [-0.05, 0) is 76.5 Å².